The first-order chi connectivity index (χ1) is 14.1. The summed E-state index contributed by atoms with van der Waals surface area (Å²) in [6.45, 7) is 6.46. The molecule has 2 fully saturated rings. The molecule has 7 nitrogen and oxygen atoms in total. The highest BCUT2D eigenvalue weighted by Crippen LogP contribution is 2.35. The van der Waals surface area contributed by atoms with Crippen molar-refractivity contribution >= 4 is 23.2 Å². The van der Waals surface area contributed by atoms with Gasteiger partial charge in [0.15, 0.2) is 5.96 Å². The third kappa shape index (κ3) is 5.92. The first-order valence-corrected chi connectivity index (χ1v) is 11.9. The number of rotatable bonds is 7. The fourth-order valence-electron chi connectivity index (χ4n) is 4.61. The van der Waals surface area contributed by atoms with Gasteiger partial charge >= 0.3 is 0 Å². The fraction of sp³-hybridized carbons (Fsp3) is 0.762. The van der Waals surface area contributed by atoms with E-state index in [-0.39, 0.29) is 11.4 Å². The molecule has 1 aromatic heterocycles. The van der Waals surface area contributed by atoms with Crippen LogP contribution in [0.1, 0.15) is 66.7 Å². The molecule has 3 N–H and O–H groups in total. The van der Waals surface area contributed by atoms with Crippen molar-refractivity contribution in [3.63, 3.8) is 0 Å². The summed E-state index contributed by atoms with van der Waals surface area (Å²) in [7, 11) is 1.81. The average Bonchev–Trinajstić information content (AvgIpc) is 3.20. The Kier molecular flexibility index (Phi) is 8.29. The number of aryl methyl sites for hydroxylation is 1. The smallest absolute Gasteiger partial charge is 0.263 e. The molecule has 0 aromatic carbocycles. The van der Waals surface area contributed by atoms with E-state index in [0.717, 1.165) is 18.2 Å². The Morgan fingerprint density at radius 2 is 1.79 bits per heavy atom. The molecular weight excluding hydrogens is 384 g/mol. The second kappa shape index (κ2) is 10.9. The molecule has 1 aliphatic carbocycles. The number of piperidine rings is 1. The van der Waals surface area contributed by atoms with E-state index in [1.165, 1.54) is 75.8 Å². The lowest BCUT2D eigenvalue weighted by molar-refractivity contribution is 0.0368. The molecule has 0 radical (unpaired) electrons. The molecule has 2 heterocycles. The van der Waals surface area contributed by atoms with Gasteiger partial charge in [-0.2, -0.15) is 0 Å². The van der Waals surface area contributed by atoms with Crippen LogP contribution in [-0.4, -0.2) is 67.1 Å². The average molecular weight is 421 g/mol. The zero-order valence-electron chi connectivity index (χ0n) is 17.9. The topological polar surface area (TPSA) is 81.6 Å². The summed E-state index contributed by atoms with van der Waals surface area (Å²) in [4.78, 5) is 24.1. The van der Waals surface area contributed by atoms with Crippen LogP contribution in [0, 0.1) is 6.92 Å². The van der Waals surface area contributed by atoms with Crippen LogP contribution in [-0.2, 0) is 0 Å². The fourth-order valence-corrected chi connectivity index (χ4v) is 5.33. The maximum absolute atomic E-state index is 12.2. The number of guanidine groups is 1. The molecule has 29 heavy (non-hydrogen) atoms. The minimum absolute atomic E-state index is 0.0546. The first-order valence-electron chi connectivity index (χ1n) is 11.0. The largest absolute Gasteiger partial charge is 0.355 e. The van der Waals surface area contributed by atoms with E-state index in [1.807, 2.05) is 14.0 Å². The molecule has 1 aromatic rings. The van der Waals surface area contributed by atoms with Gasteiger partial charge < -0.3 is 16.0 Å². The van der Waals surface area contributed by atoms with Crippen LogP contribution in [0.25, 0.3) is 0 Å². The van der Waals surface area contributed by atoms with Crippen LogP contribution >= 0.6 is 11.3 Å². The monoisotopic (exact) mass is 420 g/mol. The number of hydrogen-bond donors (Lipinski definition) is 3. The maximum Gasteiger partial charge on any atom is 0.263 e. The Morgan fingerprint density at radius 3 is 2.45 bits per heavy atom. The third-order valence-corrected chi connectivity index (χ3v) is 7.20. The van der Waals surface area contributed by atoms with Gasteiger partial charge in [-0.05, 0) is 45.7 Å². The van der Waals surface area contributed by atoms with E-state index in [2.05, 4.69) is 30.8 Å². The molecular formula is C21H36N6OS. The second-order valence-corrected chi connectivity index (χ2v) is 9.06. The van der Waals surface area contributed by atoms with Crippen molar-refractivity contribution in [1.82, 2.24) is 25.8 Å². The van der Waals surface area contributed by atoms with Gasteiger partial charge in [0.05, 0.1) is 11.2 Å². The quantitative estimate of drug-likeness (QED) is 0.359. The predicted molar refractivity (Wildman–Crippen MR) is 120 cm³/mol. The second-order valence-electron chi connectivity index (χ2n) is 8.21. The Hall–Kier alpha value is -1.67. The molecule has 0 spiro atoms. The highest BCUT2D eigenvalue weighted by atomic mass is 32.1. The number of likely N-dealkylation sites (tertiary alicyclic amines) is 1. The van der Waals surface area contributed by atoms with Crippen LogP contribution in [0.2, 0.25) is 0 Å². The lowest BCUT2D eigenvalue weighted by Crippen LogP contribution is -2.59. The number of carbonyl (C=O) groups excluding carboxylic acids is 1. The molecule has 2 aliphatic rings. The van der Waals surface area contributed by atoms with Gasteiger partial charge in [-0.1, -0.05) is 25.7 Å². The molecule has 1 aliphatic heterocycles. The van der Waals surface area contributed by atoms with Gasteiger partial charge in [-0.3, -0.25) is 14.7 Å². The molecule has 1 saturated carbocycles. The molecule has 3 rings (SSSR count). The number of hydrogen-bond acceptors (Lipinski definition) is 5. The van der Waals surface area contributed by atoms with Gasteiger partial charge in [0.1, 0.15) is 4.88 Å². The zero-order chi connectivity index (χ0) is 20.5. The number of aliphatic imine (C=N–C) groups is 1. The number of amides is 1. The van der Waals surface area contributed by atoms with Crippen molar-refractivity contribution in [1.29, 1.82) is 0 Å². The SMILES string of the molecule is CN=C(NCCNC(=O)c1scnc1C)NCC1(N2CCCCC2)CCCCC1. The summed E-state index contributed by atoms with van der Waals surface area (Å²) in [5, 5.41) is 9.86. The van der Waals surface area contributed by atoms with E-state index in [1.54, 1.807) is 5.51 Å². The van der Waals surface area contributed by atoms with Gasteiger partial charge in [0, 0.05) is 32.2 Å². The highest BCUT2D eigenvalue weighted by molar-refractivity contribution is 7.11. The molecule has 0 unspecified atom stereocenters. The summed E-state index contributed by atoms with van der Waals surface area (Å²) < 4.78 is 0. The Balaban J connectivity index is 1.45. The van der Waals surface area contributed by atoms with Gasteiger partial charge in [0.25, 0.3) is 5.91 Å². The van der Waals surface area contributed by atoms with Crippen molar-refractivity contribution in [3.8, 4) is 0 Å². The zero-order valence-corrected chi connectivity index (χ0v) is 18.7. The van der Waals surface area contributed by atoms with Gasteiger partial charge in [-0.25, -0.2) is 4.98 Å². The molecule has 8 heteroatoms. The normalized spacial score (nSPS) is 20.3. The number of aromatic nitrogens is 1. The lowest BCUT2D eigenvalue weighted by Gasteiger charge is -2.48. The van der Waals surface area contributed by atoms with Crippen molar-refractivity contribution in [3.05, 3.63) is 16.1 Å². The minimum atomic E-state index is -0.0546. The summed E-state index contributed by atoms with van der Waals surface area (Å²) in [6.07, 6.45) is 10.6. The molecule has 0 bridgehead atoms. The summed E-state index contributed by atoms with van der Waals surface area (Å²) >= 11 is 1.38. The Labute approximate surface area is 178 Å². The molecule has 162 valence electrons. The van der Waals surface area contributed by atoms with Crippen LogP contribution in [0.5, 0.6) is 0 Å². The van der Waals surface area contributed by atoms with Crippen LogP contribution < -0.4 is 16.0 Å². The van der Waals surface area contributed by atoms with Gasteiger partial charge in [-0.15, -0.1) is 11.3 Å². The van der Waals surface area contributed by atoms with E-state index in [9.17, 15) is 4.79 Å². The van der Waals surface area contributed by atoms with Gasteiger partial charge in [0.2, 0.25) is 0 Å². The van der Waals surface area contributed by atoms with E-state index in [0.29, 0.717) is 18.0 Å². The minimum Gasteiger partial charge on any atom is -0.355 e. The Bertz CT molecular complexity index is 676. The number of nitrogens with zero attached hydrogens (tertiary/aromatic N) is 3. The summed E-state index contributed by atoms with van der Waals surface area (Å²) in [5.74, 6) is 0.760. The summed E-state index contributed by atoms with van der Waals surface area (Å²) in [6, 6.07) is 0. The van der Waals surface area contributed by atoms with Crippen molar-refractivity contribution in [2.75, 3.05) is 39.8 Å². The van der Waals surface area contributed by atoms with Crippen molar-refractivity contribution < 1.29 is 4.79 Å². The molecule has 1 amide bonds. The van der Waals surface area contributed by atoms with Crippen molar-refractivity contribution in [2.24, 2.45) is 4.99 Å². The van der Waals surface area contributed by atoms with E-state index in [4.69, 9.17) is 0 Å². The standard InChI is InChI=1S/C21H36N6OS/c1-17-18(29-16-26-17)19(28)23-11-12-24-20(22-2)25-15-21(9-5-3-6-10-21)27-13-7-4-8-14-27/h16H,3-15H2,1-2H3,(H,23,28)(H2,22,24,25). The lowest BCUT2D eigenvalue weighted by atomic mass is 9.79. The number of thiazole rings is 1. The summed E-state index contributed by atoms with van der Waals surface area (Å²) in [5.41, 5.74) is 2.76. The first kappa shape index (κ1) is 22.0. The molecule has 1 saturated heterocycles. The number of nitrogens with one attached hydrogen (secondary N) is 3. The van der Waals surface area contributed by atoms with E-state index >= 15 is 0 Å². The van der Waals surface area contributed by atoms with Crippen LogP contribution in [0.3, 0.4) is 0 Å². The predicted octanol–water partition coefficient (Wildman–Crippen LogP) is 2.54. The Morgan fingerprint density at radius 1 is 1.10 bits per heavy atom. The number of carbonyl (C=O) groups is 1. The van der Waals surface area contributed by atoms with E-state index < -0.39 is 0 Å². The van der Waals surface area contributed by atoms with Crippen LogP contribution in [0.15, 0.2) is 10.5 Å². The van der Waals surface area contributed by atoms with Crippen molar-refractivity contribution in [2.45, 2.75) is 63.8 Å². The maximum atomic E-state index is 12.2. The molecule has 0 atom stereocenters. The highest BCUT2D eigenvalue weighted by Gasteiger charge is 2.38. The van der Waals surface area contributed by atoms with Crippen LogP contribution in [0.4, 0.5) is 0 Å². The third-order valence-electron chi connectivity index (χ3n) is 6.27.